The van der Waals surface area contributed by atoms with Crippen molar-refractivity contribution < 1.29 is 19.4 Å². The van der Waals surface area contributed by atoms with Crippen LogP contribution in [0.3, 0.4) is 0 Å². The van der Waals surface area contributed by atoms with Crippen molar-refractivity contribution in [1.82, 2.24) is 0 Å². The molecule has 1 heterocycles. The largest absolute Gasteiger partial charge is 0.469 e. The highest BCUT2D eigenvalue weighted by Gasteiger charge is 2.31. The minimum absolute atomic E-state index is 0.130. The summed E-state index contributed by atoms with van der Waals surface area (Å²) < 4.78 is 9.82. The molecule has 0 aromatic heterocycles. The summed E-state index contributed by atoms with van der Waals surface area (Å²) in [4.78, 5) is 11.1. The number of aliphatic hydroxyl groups excluding tert-OH is 1. The molecule has 1 aliphatic rings. The quantitative estimate of drug-likeness (QED) is 0.744. The fraction of sp³-hybridized carbons (Fsp3) is 0.364. The number of carbonyl (C=O) groups is 1. The van der Waals surface area contributed by atoms with Gasteiger partial charge in [-0.1, -0.05) is 24.3 Å². The number of methoxy groups -OCH3 is 1. The maximum atomic E-state index is 11.1. The Morgan fingerprint density at radius 2 is 2.13 bits per heavy atom. The molecular formula is C11H12O4. The molecule has 0 saturated heterocycles. The van der Waals surface area contributed by atoms with E-state index in [4.69, 9.17) is 4.74 Å². The minimum Gasteiger partial charge on any atom is -0.469 e. The smallest absolute Gasteiger partial charge is 0.308 e. The molecule has 0 spiro atoms. The Kier molecular flexibility index (Phi) is 2.70. The van der Waals surface area contributed by atoms with Crippen molar-refractivity contribution in [3.05, 3.63) is 35.4 Å². The van der Waals surface area contributed by atoms with Crippen LogP contribution in [0.4, 0.5) is 0 Å². The molecule has 0 amide bonds. The first kappa shape index (κ1) is 10.1. The predicted octanol–water partition coefficient (Wildman–Crippen LogP) is 1.31. The van der Waals surface area contributed by atoms with Gasteiger partial charge in [0, 0.05) is 5.56 Å². The Balaban J connectivity index is 2.21. The van der Waals surface area contributed by atoms with Crippen molar-refractivity contribution in [3.63, 3.8) is 0 Å². The monoisotopic (exact) mass is 208 g/mol. The van der Waals surface area contributed by atoms with E-state index in [0.29, 0.717) is 0 Å². The van der Waals surface area contributed by atoms with Gasteiger partial charge in [0.2, 0.25) is 0 Å². The summed E-state index contributed by atoms with van der Waals surface area (Å²) in [6.45, 7) is 0. The maximum absolute atomic E-state index is 11.1. The van der Waals surface area contributed by atoms with Crippen molar-refractivity contribution in [2.75, 3.05) is 7.11 Å². The van der Waals surface area contributed by atoms with Crippen molar-refractivity contribution >= 4 is 5.97 Å². The Morgan fingerprint density at radius 3 is 2.80 bits per heavy atom. The fourth-order valence-corrected chi connectivity index (χ4v) is 1.72. The van der Waals surface area contributed by atoms with Gasteiger partial charge in [0.15, 0.2) is 6.29 Å². The van der Waals surface area contributed by atoms with E-state index in [-0.39, 0.29) is 12.4 Å². The molecule has 4 heteroatoms. The van der Waals surface area contributed by atoms with Crippen LogP contribution in [0.25, 0.3) is 0 Å². The zero-order valence-corrected chi connectivity index (χ0v) is 8.34. The molecule has 4 nitrogen and oxygen atoms in total. The van der Waals surface area contributed by atoms with Crippen LogP contribution in [0, 0.1) is 0 Å². The van der Waals surface area contributed by atoms with E-state index >= 15 is 0 Å². The molecular weight excluding hydrogens is 196 g/mol. The van der Waals surface area contributed by atoms with Crippen molar-refractivity contribution in [3.8, 4) is 0 Å². The number of aliphatic hydroxyl groups is 1. The van der Waals surface area contributed by atoms with E-state index in [1.54, 1.807) is 6.07 Å². The van der Waals surface area contributed by atoms with Crippen LogP contribution < -0.4 is 0 Å². The Bertz CT molecular complexity index is 375. The first-order valence-electron chi connectivity index (χ1n) is 4.71. The van der Waals surface area contributed by atoms with Gasteiger partial charge in [-0.3, -0.25) is 4.79 Å². The van der Waals surface area contributed by atoms with Gasteiger partial charge in [-0.05, 0) is 5.56 Å². The van der Waals surface area contributed by atoms with Crippen LogP contribution in [0.1, 0.15) is 29.9 Å². The molecule has 0 bridgehead atoms. The second kappa shape index (κ2) is 4.00. The fourth-order valence-electron chi connectivity index (χ4n) is 1.72. The number of carbonyl (C=O) groups excluding carboxylic acids is 1. The van der Waals surface area contributed by atoms with E-state index in [1.165, 1.54) is 7.11 Å². The summed E-state index contributed by atoms with van der Waals surface area (Å²) in [5.41, 5.74) is 1.59. The topological polar surface area (TPSA) is 55.8 Å². The van der Waals surface area contributed by atoms with Gasteiger partial charge < -0.3 is 14.6 Å². The van der Waals surface area contributed by atoms with Gasteiger partial charge in [-0.25, -0.2) is 0 Å². The molecule has 2 unspecified atom stereocenters. The molecule has 0 aliphatic carbocycles. The second-order valence-electron chi connectivity index (χ2n) is 3.39. The number of hydrogen-bond acceptors (Lipinski definition) is 4. The highest BCUT2D eigenvalue weighted by atomic mass is 16.6. The molecule has 0 fully saturated rings. The SMILES string of the molecule is COC(=O)CC1OC(O)c2ccccc21. The highest BCUT2D eigenvalue weighted by Crippen LogP contribution is 2.39. The van der Waals surface area contributed by atoms with Gasteiger partial charge in [-0.2, -0.15) is 0 Å². The van der Waals surface area contributed by atoms with E-state index in [1.807, 2.05) is 18.2 Å². The number of esters is 1. The maximum Gasteiger partial charge on any atom is 0.308 e. The summed E-state index contributed by atoms with van der Waals surface area (Å²) in [6, 6.07) is 7.31. The Morgan fingerprint density at radius 1 is 1.47 bits per heavy atom. The first-order chi connectivity index (χ1) is 7.22. The third-order valence-electron chi connectivity index (χ3n) is 2.48. The second-order valence-corrected chi connectivity index (χ2v) is 3.39. The molecule has 1 N–H and O–H groups in total. The van der Waals surface area contributed by atoms with E-state index < -0.39 is 12.4 Å². The molecule has 2 rings (SSSR count). The zero-order valence-electron chi connectivity index (χ0n) is 8.34. The number of rotatable bonds is 2. The summed E-state index contributed by atoms with van der Waals surface area (Å²) in [5.74, 6) is -0.344. The first-order valence-corrected chi connectivity index (χ1v) is 4.71. The average Bonchev–Trinajstić information content (AvgIpc) is 2.57. The van der Waals surface area contributed by atoms with Crippen molar-refractivity contribution in [1.29, 1.82) is 0 Å². The molecule has 0 saturated carbocycles. The lowest BCUT2D eigenvalue weighted by atomic mass is 10.0. The van der Waals surface area contributed by atoms with Crippen LogP contribution in [0.5, 0.6) is 0 Å². The van der Waals surface area contributed by atoms with Crippen molar-refractivity contribution in [2.45, 2.75) is 18.8 Å². The number of hydrogen-bond donors (Lipinski definition) is 1. The third-order valence-corrected chi connectivity index (χ3v) is 2.48. The lowest BCUT2D eigenvalue weighted by molar-refractivity contribution is -0.152. The average molecular weight is 208 g/mol. The Labute approximate surface area is 87.4 Å². The minimum atomic E-state index is -0.934. The van der Waals surface area contributed by atoms with Gasteiger partial charge in [-0.15, -0.1) is 0 Å². The van der Waals surface area contributed by atoms with Crippen LogP contribution in [-0.4, -0.2) is 18.2 Å². The lowest BCUT2D eigenvalue weighted by Gasteiger charge is -2.09. The Hall–Kier alpha value is -1.39. The molecule has 0 radical (unpaired) electrons. The molecule has 15 heavy (non-hydrogen) atoms. The van der Waals surface area contributed by atoms with Crippen LogP contribution >= 0.6 is 0 Å². The predicted molar refractivity (Wildman–Crippen MR) is 51.9 cm³/mol. The normalized spacial score (nSPS) is 23.6. The molecule has 2 atom stereocenters. The van der Waals surface area contributed by atoms with Gasteiger partial charge in [0.25, 0.3) is 0 Å². The molecule has 1 aliphatic heterocycles. The van der Waals surface area contributed by atoms with Crippen LogP contribution in [0.2, 0.25) is 0 Å². The summed E-state index contributed by atoms with van der Waals surface area (Å²) >= 11 is 0. The van der Waals surface area contributed by atoms with E-state index in [2.05, 4.69) is 4.74 Å². The molecule has 1 aromatic rings. The number of fused-ring (bicyclic) bond motifs is 1. The van der Waals surface area contributed by atoms with Gasteiger partial charge in [0.05, 0.1) is 19.6 Å². The van der Waals surface area contributed by atoms with E-state index in [9.17, 15) is 9.90 Å². The highest BCUT2D eigenvalue weighted by molar-refractivity contribution is 5.70. The lowest BCUT2D eigenvalue weighted by Crippen LogP contribution is -2.08. The summed E-state index contributed by atoms with van der Waals surface area (Å²) in [7, 11) is 1.33. The van der Waals surface area contributed by atoms with Crippen LogP contribution in [-0.2, 0) is 14.3 Å². The van der Waals surface area contributed by atoms with Crippen LogP contribution in [0.15, 0.2) is 24.3 Å². The summed E-state index contributed by atoms with van der Waals surface area (Å²) in [6.07, 6.45) is -1.20. The van der Waals surface area contributed by atoms with Gasteiger partial charge in [0.1, 0.15) is 0 Å². The zero-order chi connectivity index (χ0) is 10.8. The summed E-state index contributed by atoms with van der Waals surface area (Å²) in [5, 5.41) is 9.56. The van der Waals surface area contributed by atoms with Gasteiger partial charge >= 0.3 is 5.97 Å². The van der Waals surface area contributed by atoms with E-state index in [0.717, 1.165) is 11.1 Å². The number of ether oxygens (including phenoxy) is 2. The molecule has 80 valence electrons. The van der Waals surface area contributed by atoms with Crippen molar-refractivity contribution in [2.24, 2.45) is 0 Å². The molecule has 1 aromatic carbocycles. The standard InChI is InChI=1S/C11H12O4/c1-14-10(12)6-9-7-4-2-3-5-8(7)11(13)15-9/h2-5,9,11,13H,6H2,1H3. The number of benzene rings is 1. The third kappa shape index (κ3) is 1.86.